The maximum Gasteiger partial charge on any atom is 0.184 e. The highest BCUT2D eigenvalue weighted by molar-refractivity contribution is 5.22. The van der Waals surface area contributed by atoms with Crippen molar-refractivity contribution in [2.24, 2.45) is 0 Å². The largest absolute Gasteiger partial charge is 0.345 e. The molecule has 0 aromatic heterocycles. The van der Waals surface area contributed by atoms with E-state index < -0.39 is 0 Å². The number of rotatable bonds is 1. The number of aryl methyl sites for hydroxylation is 1. The van der Waals surface area contributed by atoms with Crippen LogP contribution in [0.5, 0.6) is 0 Å². The van der Waals surface area contributed by atoms with E-state index in [0.717, 1.165) is 12.0 Å². The van der Waals surface area contributed by atoms with Crippen LogP contribution in [0.2, 0.25) is 0 Å². The Morgan fingerprint density at radius 2 is 1.81 bits per heavy atom. The van der Waals surface area contributed by atoms with E-state index in [4.69, 9.17) is 9.47 Å². The van der Waals surface area contributed by atoms with Gasteiger partial charge in [0.15, 0.2) is 6.29 Å². The van der Waals surface area contributed by atoms with Gasteiger partial charge >= 0.3 is 0 Å². The van der Waals surface area contributed by atoms with Crippen LogP contribution in [0.1, 0.15) is 44.6 Å². The zero-order valence-electron chi connectivity index (χ0n) is 10.5. The van der Waals surface area contributed by atoms with E-state index in [9.17, 15) is 0 Å². The second-order valence-electron chi connectivity index (χ2n) is 5.27. The zero-order chi connectivity index (χ0) is 11.8. The van der Waals surface area contributed by atoms with Gasteiger partial charge in [-0.05, 0) is 27.7 Å². The molecule has 1 heterocycles. The summed E-state index contributed by atoms with van der Waals surface area (Å²) in [6.45, 7) is 8.42. The van der Waals surface area contributed by atoms with Gasteiger partial charge in [-0.25, -0.2) is 0 Å². The van der Waals surface area contributed by atoms with Gasteiger partial charge < -0.3 is 9.47 Å². The molecule has 16 heavy (non-hydrogen) atoms. The van der Waals surface area contributed by atoms with Crippen molar-refractivity contribution in [1.82, 2.24) is 0 Å². The Morgan fingerprint density at radius 1 is 1.19 bits per heavy atom. The minimum atomic E-state index is -0.223. The molecule has 0 aliphatic carbocycles. The number of hydrogen-bond acceptors (Lipinski definition) is 2. The summed E-state index contributed by atoms with van der Waals surface area (Å²) in [7, 11) is 0. The predicted molar refractivity (Wildman–Crippen MR) is 64.2 cm³/mol. The highest BCUT2D eigenvalue weighted by atomic mass is 16.7. The Hall–Kier alpha value is -0.860. The lowest BCUT2D eigenvalue weighted by Gasteiger charge is -2.39. The summed E-state index contributed by atoms with van der Waals surface area (Å²) in [6.07, 6.45) is 0.962. The van der Waals surface area contributed by atoms with E-state index in [0.29, 0.717) is 0 Å². The molecule has 2 heteroatoms. The molecule has 2 atom stereocenters. The summed E-state index contributed by atoms with van der Waals surface area (Å²) in [5, 5.41) is 0. The summed E-state index contributed by atoms with van der Waals surface area (Å²) in [4.78, 5) is 0. The Labute approximate surface area is 97.6 Å². The molecule has 1 aromatic carbocycles. The lowest BCUT2D eigenvalue weighted by Crippen LogP contribution is -2.38. The van der Waals surface area contributed by atoms with Crippen molar-refractivity contribution in [2.45, 2.75) is 52.1 Å². The van der Waals surface area contributed by atoms with Crippen LogP contribution in [-0.4, -0.2) is 11.7 Å². The summed E-state index contributed by atoms with van der Waals surface area (Å²) in [5.74, 6) is 0. The van der Waals surface area contributed by atoms with Gasteiger partial charge in [-0.2, -0.15) is 0 Å². The van der Waals surface area contributed by atoms with Crippen LogP contribution >= 0.6 is 0 Å². The Bertz CT molecular complexity index is 354. The van der Waals surface area contributed by atoms with E-state index in [1.54, 1.807) is 0 Å². The Kier molecular flexibility index (Phi) is 3.04. The zero-order valence-corrected chi connectivity index (χ0v) is 10.5. The summed E-state index contributed by atoms with van der Waals surface area (Å²) < 4.78 is 11.8. The van der Waals surface area contributed by atoms with Gasteiger partial charge in [-0.15, -0.1) is 0 Å². The maximum atomic E-state index is 5.95. The molecule has 0 unspecified atom stereocenters. The summed E-state index contributed by atoms with van der Waals surface area (Å²) in [5.41, 5.74) is 2.25. The van der Waals surface area contributed by atoms with Crippen LogP contribution in [0.3, 0.4) is 0 Å². The highest BCUT2D eigenvalue weighted by Crippen LogP contribution is 2.35. The van der Waals surface area contributed by atoms with Crippen LogP contribution < -0.4 is 0 Å². The average molecular weight is 220 g/mol. The normalized spacial score (nSPS) is 29.0. The smallest absolute Gasteiger partial charge is 0.184 e. The van der Waals surface area contributed by atoms with Gasteiger partial charge in [0.05, 0.1) is 11.7 Å². The van der Waals surface area contributed by atoms with Gasteiger partial charge in [0.2, 0.25) is 0 Å². The van der Waals surface area contributed by atoms with Crippen molar-refractivity contribution < 1.29 is 9.47 Å². The first-order valence-corrected chi connectivity index (χ1v) is 5.86. The number of benzene rings is 1. The van der Waals surface area contributed by atoms with E-state index in [1.807, 2.05) is 0 Å². The highest BCUT2D eigenvalue weighted by Gasteiger charge is 2.33. The fraction of sp³-hybridized carbons (Fsp3) is 0.571. The molecule has 1 saturated heterocycles. The standard InChI is InChI=1S/C14H20O2/c1-10-5-7-12(8-6-10)13-15-11(2)9-14(3,4)16-13/h5-8,11,13H,9H2,1-4H3/t11-,13-/m0/s1. The average Bonchev–Trinajstić information content (AvgIpc) is 2.15. The molecule has 88 valence electrons. The molecule has 0 bridgehead atoms. The molecule has 2 nitrogen and oxygen atoms in total. The summed E-state index contributed by atoms with van der Waals surface area (Å²) >= 11 is 0. The van der Waals surface area contributed by atoms with Crippen molar-refractivity contribution in [2.75, 3.05) is 0 Å². The van der Waals surface area contributed by atoms with E-state index in [-0.39, 0.29) is 18.0 Å². The van der Waals surface area contributed by atoms with E-state index in [2.05, 4.69) is 52.0 Å². The van der Waals surface area contributed by atoms with Gasteiger partial charge in [0.1, 0.15) is 0 Å². The molecule has 0 N–H and O–H groups in total. The molecule has 2 rings (SSSR count). The SMILES string of the molecule is Cc1ccc([C@H]2O[C@@H](C)CC(C)(C)O2)cc1. The van der Waals surface area contributed by atoms with Gasteiger partial charge in [-0.3, -0.25) is 0 Å². The molecule has 1 fully saturated rings. The first-order chi connectivity index (χ1) is 7.46. The second kappa shape index (κ2) is 4.19. The third-order valence-electron chi connectivity index (χ3n) is 2.91. The van der Waals surface area contributed by atoms with E-state index >= 15 is 0 Å². The van der Waals surface area contributed by atoms with Gasteiger partial charge in [0.25, 0.3) is 0 Å². The van der Waals surface area contributed by atoms with Crippen LogP contribution in [0.4, 0.5) is 0 Å². The Morgan fingerprint density at radius 3 is 2.38 bits per heavy atom. The lowest BCUT2D eigenvalue weighted by molar-refractivity contribution is -0.273. The fourth-order valence-electron chi connectivity index (χ4n) is 2.19. The second-order valence-corrected chi connectivity index (χ2v) is 5.27. The molecular formula is C14H20O2. The molecule has 0 radical (unpaired) electrons. The van der Waals surface area contributed by atoms with Crippen LogP contribution in [0.15, 0.2) is 24.3 Å². The molecule has 1 aliphatic heterocycles. The topological polar surface area (TPSA) is 18.5 Å². The minimum Gasteiger partial charge on any atom is -0.345 e. The summed E-state index contributed by atoms with van der Waals surface area (Å²) in [6, 6.07) is 8.34. The first-order valence-electron chi connectivity index (χ1n) is 5.86. The van der Waals surface area contributed by atoms with Crippen molar-refractivity contribution in [3.8, 4) is 0 Å². The predicted octanol–water partition coefficient (Wildman–Crippen LogP) is 3.60. The van der Waals surface area contributed by atoms with E-state index in [1.165, 1.54) is 5.56 Å². The quantitative estimate of drug-likeness (QED) is 0.720. The monoisotopic (exact) mass is 220 g/mol. The van der Waals surface area contributed by atoms with Gasteiger partial charge in [-0.1, -0.05) is 29.8 Å². The number of ether oxygens (including phenoxy) is 2. The molecule has 0 amide bonds. The van der Waals surface area contributed by atoms with Crippen LogP contribution in [0, 0.1) is 6.92 Å². The van der Waals surface area contributed by atoms with Crippen molar-refractivity contribution in [3.05, 3.63) is 35.4 Å². The third kappa shape index (κ3) is 2.63. The lowest BCUT2D eigenvalue weighted by atomic mass is 9.99. The molecule has 0 saturated carbocycles. The third-order valence-corrected chi connectivity index (χ3v) is 2.91. The Balaban J connectivity index is 2.17. The van der Waals surface area contributed by atoms with Gasteiger partial charge in [0, 0.05) is 12.0 Å². The van der Waals surface area contributed by atoms with Crippen molar-refractivity contribution in [1.29, 1.82) is 0 Å². The molecule has 1 aliphatic rings. The number of hydrogen-bond donors (Lipinski definition) is 0. The van der Waals surface area contributed by atoms with Crippen molar-refractivity contribution >= 4 is 0 Å². The van der Waals surface area contributed by atoms with Crippen LogP contribution in [-0.2, 0) is 9.47 Å². The van der Waals surface area contributed by atoms with Crippen molar-refractivity contribution in [3.63, 3.8) is 0 Å². The molecule has 1 aromatic rings. The first kappa shape index (κ1) is 11.6. The minimum absolute atomic E-state index is 0.104. The maximum absolute atomic E-state index is 5.95. The fourth-order valence-corrected chi connectivity index (χ4v) is 2.19. The van der Waals surface area contributed by atoms with Crippen LogP contribution in [0.25, 0.3) is 0 Å². The molecule has 0 spiro atoms. The molecular weight excluding hydrogens is 200 g/mol.